The smallest absolute Gasteiger partial charge is 0.241 e. The zero-order valence-electron chi connectivity index (χ0n) is 10.6. The lowest BCUT2D eigenvalue weighted by molar-refractivity contribution is 0.391. The van der Waals surface area contributed by atoms with E-state index in [-0.39, 0.29) is 5.88 Å². The topological polar surface area (TPSA) is 42.2 Å². The second-order valence-electron chi connectivity index (χ2n) is 3.86. The summed E-state index contributed by atoms with van der Waals surface area (Å²) in [4.78, 5) is 6.47. The van der Waals surface area contributed by atoms with Gasteiger partial charge in [-0.25, -0.2) is 0 Å². The highest BCUT2D eigenvalue weighted by atomic mass is 35.5. The molecule has 0 saturated carbocycles. The van der Waals surface area contributed by atoms with Crippen LogP contribution in [-0.2, 0) is 5.88 Å². The minimum absolute atomic E-state index is 0.241. The lowest BCUT2D eigenvalue weighted by atomic mass is 10.2. The molecule has 0 saturated heterocycles. The Kier molecular flexibility index (Phi) is 4.20. The van der Waals surface area contributed by atoms with Crippen LogP contribution in [0.5, 0.6) is 0 Å². The first-order valence-corrected chi connectivity index (χ1v) is 6.55. The van der Waals surface area contributed by atoms with Crippen molar-refractivity contribution in [2.45, 2.75) is 19.7 Å². The van der Waals surface area contributed by atoms with E-state index in [1.165, 1.54) is 5.69 Å². The van der Waals surface area contributed by atoms with Gasteiger partial charge in [0.2, 0.25) is 11.7 Å². The Morgan fingerprint density at radius 1 is 1.17 bits per heavy atom. The van der Waals surface area contributed by atoms with Gasteiger partial charge in [-0.15, -0.1) is 11.6 Å². The normalized spacial score (nSPS) is 10.6. The van der Waals surface area contributed by atoms with Crippen molar-refractivity contribution in [2.24, 2.45) is 0 Å². The summed E-state index contributed by atoms with van der Waals surface area (Å²) in [6.45, 7) is 6.27. The molecule has 0 atom stereocenters. The fourth-order valence-corrected chi connectivity index (χ4v) is 1.95. The third-order valence-corrected chi connectivity index (χ3v) is 3.07. The van der Waals surface area contributed by atoms with Gasteiger partial charge >= 0.3 is 0 Å². The van der Waals surface area contributed by atoms with Gasteiger partial charge in [0.15, 0.2) is 0 Å². The van der Waals surface area contributed by atoms with E-state index in [2.05, 4.69) is 41.0 Å². The summed E-state index contributed by atoms with van der Waals surface area (Å²) in [7, 11) is 0. The molecule has 0 N–H and O–H groups in total. The van der Waals surface area contributed by atoms with Gasteiger partial charge in [-0.3, -0.25) is 0 Å². The molecule has 0 aliphatic rings. The molecular formula is C13H16ClN3O. The summed E-state index contributed by atoms with van der Waals surface area (Å²) in [6.07, 6.45) is 0. The Morgan fingerprint density at radius 3 is 2.33 bits per heavy atom. The van der Waals surface area contributed by atoms with Crippen molar-refractivity contribution in [2.75, 3.05) is 18.0 Å². The molecule has 0 bridgehead atoms. The predicted octanol–water partition coefficient (Wildman–Crippen LogP) is 3.32. The maximum atomic E-state index is 5.63. The zero-order chi connectivity index (χ0) is 13.0. The standard InChI is InChI=1S/C13H16ClN3O/c1-3-17(4-2)11-7-5-10(6-8-11)13-15-12(9-14)18-16-13/h5-8H,3-4,9H2,1-2H3. The highest BCUT2D eigenvalue weighted by molar-refractivity contribution is 6.16. The zero-order valence-corrected chi connectivity index (χ0v) is 11.3. The monoisotopic (exact) mass is 265 g/mol. The van der Waals surface area contributed by atoms with Crippen LogP contribution in [0.4, 0.5) is 5.69 Å². The van der Waals surface area contributed by atoms with Crippen molar-refractivity contribution < 1.29 is 4.52 Å². The van der Waals surface area contributed by atoms with E-state index in [4.69, 9.17) is 16.1 Å². The molecule has 0 aliphatic carbocycles. The van der Waals surface area contributed by atoms with Gasteiger partial charge in [0.05, 0.1) is 0 Å². The fraction of sp³-hybridized carbons (Fsp3) is 0.385. The molecule has 0 unspecified atom stereocenters. The molecule has 5 heteroatoms. The largest absolute Gasteiger partial charge is 0.372 e. The summed E-state index contributed by atoms with van der Waals surface area (Å²) < 4.78 is 4.98. The van der Waals surface area contributed by atoms with E-state index in [0.717, 1.165) is 18.7 Å². The average Bonchev–Trinajstić information content (AvgIpc) is 2.90. The number of anilines is 1. The molecular weight excluding hydrogens is 250 g/mol. The molecule has 0 radical (unpaired) electrons. The van der Waals surface area contributed by atoms with Gasteiger partial charge in [0, 0.05) is 24.3 Å². The van der Waals surface area contributed by atoms with Crippen LogP contribution in [0.1, 0.15) is 19.7 Å². The van der Waals surface area contributed by atoms with E-state index < -0.39 is 0 Å². The molecule has 4 nitrogen and oxygen atoms in total. The number of hydrogen-bond acceptors (Lipinski definition) is 4. The molecule has 0 amide bonds. The Morgan fingerprint density at radius 2 is 1.83 bits per heavy atom. The molecule has 0 fully saturated rings. The second-order valence-corrected chi connectivity index (χ2v) is 4.13. The lowest BCUT2D eigenvalue weighted by Gasteiger charge is -2.20. The Hall–Kier alpha value is -1.55. The minimum Gasteiger partial charge on any atom is -0.372 e. The molecule has 2 aromatic rings. The van der Waals surface area contributed by atoms with E-state index in [1.54, 1.807) is 0 Å². The van der Waals surface area contributed by atoms with Gasteiger partial charge in [-0.05, 0) is 38.1 Å². The van der Waals surface area contributed by atoms with Crippen LogP contribution in [0.25, 0.3) is 11.4 Å². The quantitative estimate of drug-likeness (QED) is 0.778. The van der Waals surface area contributed by atoms with Gasteiger partial charge < -0.3 is 9.42 Å². The van der Waals surface area contributed by atoms with E-state index in [9.17, 15) is 0 Å². The maximum Gasteiger partial charge on any atom is 0.241 e. The maximum absolute atomic E-state index is 5.63. The molecule has 1 aromatic carbocycles. The van der Waals surface area contributed by atoms with Crippen molar-refractivity contribution in [3.63, 3.8) is 0 Å². The van der Waals surface area contributed by atoms with Crippen LogP contribution in [0.15, 0.2) is 28.8 Å². The van der Waals surface area contributed by atoms with Crippen molar-refractivity contribution in [1.82, 2.24) is 10.1 Å². The number of halogens is 1. The Labute approximate surface area is 112 Å². The van der Waals surface area contributed by atoms with Gasteiger partial charge in [-0.1, -0.05) is 5.16 Å². The highest BCUT2D eigenvalue weighted by Crippen LogP contribution is 2.21. The number of nitrogens with zero attached hydrogens (tertiary/aromatic N) is 3. The summed E-state index contributed by atoms with van der Waals surface area (Å²) in [5, 5.41) is 3.89. The third-order valence-electron chi connectivity index (χ3n) is 2.84. The third kappa shape index (κ3) is 2.64. The summed E-state index contributed by atoms with van der Waals surface area (Å²) >= 11 is 5.63. The first-order chi connectivity index (χ1) is 8.78. The van der Waals surface area contributed by atoms with E-state index >= 15 is 0 Å². The second kappa shape index (κ2) is 5.87. The Bertz CT molecular complexity index is 491. The molecule has 1 heterocycles. The molecule has 96 valence electrons. The number of alkyl halides is 1. The highest BCUT2D eigenvalue weighted by Gasteiger charge is 2.08. The molecule has 0 spiro atoms. The first kappa shape index (κ1) is 12.9. The van der Waals surface area contributed by atoms with Crippen molar-refractivity contribution in [1.29, 1.82) is 0 Å². The average molecular weight is 266 g/mol. The van der Waals surface area contributed by atoms with Crippen LogP contribution in [0.3, 0.4) is 0 Å². The molecule has 1 aromatic heterocycles. The fourth-order valence-electron chi connectivity index (χ4n) is 1.84. The number of aromatic nitrogens is 2. The van der Waals surface area contributed by atoms with Gasteiger partial charge in [0.25, 0.3) is 0 Å². The van der Waals surface area contributed by atoms with E-state index in [1.807, 2.05) is 12.1 Å². The lowest BCUT2D eigenvalue weighted by Crippen LogP contribution is -2.21. The van der Waals surface area contributed by atoms with Gasteiger partial charge in [-0.2, -0.15) is 4.98 Å². The van der Waals surface area contributed by atoms with Crippen molar-refractivity contribution >= 4 is 17.3 Å². The Balaban J connectivity index is 2.21. The van der Waals surface area contributed by atoms with Crippen molar-refractivity contribution in [3.8, 4) is 11.4 Å². The summed E-state index contributed by atoms with van der Waals surface area (Å²) in [5.74, 6) is 1.26. The molecule has 0 aliphatic heterocycles. The summed E-state index contributed by atoms with van der Waals surface area (Å²) in [6, 6.07) is 8.13. The number of rotatable bonds is 5. The van der Waals surface area contributed by atoms with Crippen LogP contribution < -0.4 is 4.90 Å². The number of benzene rings is 1. The van der Waals surface area contributed by atoms with Gasteiger partial charge in [0.1, 0.15) is 5.88 Å². The number of hydrogen-bond donors (Lipinski definition) is 0. The molecule has 18 heavy (non-hydrogen) atoms. The predicted molar refractivity (Wildman–Crippen MR) is 72.9 cm³/mol. The van der Waals surface area contributed by atoms with E-state index in [0.29, 0.717) is 11.7 Å². The minimum atomic E-state index is 0.241. The van der Waals surface area contributed by atoms with Crippen LogP contribution in [0, 0.1) is 0 Å². The molecule has 2 rings (SSSR count). The summed E-state index contributed by atoms with van der Waals surface area (Å²) in [5.41, 5.74) is 2.14. The van der Waals surface area contributed by atoms with Crippen molar-refractivity contribution in [3.05, 3.63) is 30.2 Å². The van der Waals surface area contributed by atoms with Crippen LogP contribution >= 0.6 is 11.6 Å². The SMILES string of the molecule is CCN(CC)c1ccc(-c2noc(CCl)n2)cc1. The van der Waals surface area contributed by atoms with Crippen LogP contribution in [-0.4, -0.2) is 23.2 Å². The van der Waals surface area contributed by atoms with Crippen LogP contribution in [0.2, 0.25) is 0 Å². The first-order valence-electron chi connectivity index (χ1n) is 6.02.